The second-order valence-corrected chi connectivity index (χ2v) is 5.96. The van der Waals surface area contributed by atoms with Crippen molar-refractivity contribution in [1.82, 2.24) is 10.2 Å². The van der Waals surface area contributed by atoms with Crippen LogP contribution < -0.4 is 5.32 Å². The number of carbonyl (C=O) groups excluding carboxylic acids is 1. The second-order valence-electron chi connectivity index (χ2n) is 5.96. The third kappa shape index (κ3) is 4.49. The molecule has 0 saturated carbocycles. The molecule has 0 radical (unpaired) electrons. The van der Waals surface area contributed by atoms with Gasteiger partial charge in [0.2, 0.25) is 5.91 Å². The van der Waals surface area contributed by atoms with Crippen LogP contribution in [0.4, 0.5) is 0 Å². The van der Waals surface area contributed by atoms with Gasteiger partial charge in [0, 0.05) is 0 Å². The van der Waals surface area contributed by atoms with Crippen molar-refractivity contribution in [3.8, 4) is 0 Å². The summed E-state index contributed by atoms with van der Waals surface area (Å²) in [6.45, 7) is 9.49. The molecule has 19 heavy (non-hydrogen) atoms. The second kappa shape index (κ2) is 6.89. The fourth-order valence-electron chi connectivity index (χ4n) is 2.37. The summed E-state index contributed by atoms with van der Waals surface area (Å²) in [6, 6.07) is -1.06. The molecule has 1 saturated heterocycles. The molecule has 2 unspecified atom stereocenters. The van der Waals surface area contributed by atoms with Crippen molar-refractivity contribution in [1.29, 1.82) is 0 Å². The Morgan fingerprint density at radius 1 is 1.21 bits per heavy atom. The van der Waals surface area contributed by atoms with E-state index < -0.39 is 12.0 Å². The van der Waals surface area contributed by atoms with Crippen LogP contribution in [-0.2, 0) is 9.59 Å². The Kier molecular flexibility index (Phi) is 5.79. The van der Waals surface area contributed by atoms with Crippen molar-refractivity contribution in [2.24, 2.45) is 11.8 Å². The van der Waals surface area contributed by atoms with Gasteiger partial charge in [-0.05, 0) is 44.7 Å². The Labute approximate surface area is 115 Å². The molecular weight excluding hydrogens is 244 g/mol. The van der Waals surface area contributed by atoms with Gasteiger partial charge in [-0.3, -0.25) is 9.69 Å². The molecule has 2 atom stereocenters. The fraction of sp³-hybridized carbons (Fsp3) is 0.857. The van der Waals surface area contributed by atoms with E-state index in [4.69, 9.17) is 5.11 Å². The van der Waals surface area contributed by atoms with Crippen LogP contribution in [0.5, 0.6) is 0 Å². The molecule has 0 spiro atoms. The Balaban J connectivity index is 2.54. The predicted molar refractivity (Wildman–Crippen MR) is 73.8 cm³/mol. The van der Waals surface area contributed by atoms with E-state index in [1.807, 2.05) is 6.92 Å². The molecule has 2 N–H and O–H groups in total. The standard InChI is InChI=1S/C14H26N2O3/c1-9(2)12(14(18)19)15-13(17)11(4)16-7-5-10(3)6-8-16/h9-12H,5-8H2,1-4H3,(H,15,17)(H,18,19). The molecule has 1 heterocycles. The maximum Gasteiger partial charge on any atom is 0.326 e. The Bertz CT molecular complexity index is 323. The number of nitrogens with one attached hydrogen (secondary N) is 1. The van der Waals surface area contributed by atoms with E-state index in [2.05, 4.69) is 17.1 Å². The molecule has 1 aliphatic rings. The highest BCUT2D eigenvalue weighted by molar-refractivity contribution is 5.86. The number of carbonyl (C=O) groups is 2. The Morgan fingerprint density at radius 3 is 2.16 bits per heavy atom. The SMILES string of the molecule is CC1CCN(C(C)C(=O)NC(C(=O)O)C(C)C)CC1. The van der Waals surface area contributed by atoms with Crippen LogP contribution in [0.1, 0.15) is 40.5 Å². The minimum atomic E-state index is -0.970. The molecule has 110 valence electrons. The lowest BCUT2D eigenvalue weighted by molar-refractivity contribution is -0.144. The third-order valence-electron chi connectivity index (χ3n) is 3.98. The van der Waals surface area contributed by atoms with E-state index in [1.165, 1.54) is 0 Å². The quantitative estimate of drug-likeness (QED) is 0.791. The average molecular weight is 270 g/mol. The van der Waals surface area contributed by atoms with Gasteiger partial charge in [-0.1, -0.05) is 20.8 Å². The topological polar surface area (TPSA) is 69.6 Å². The van der Waals surface area contributed by atoms with Crippen LogP contribution in [0, 0.1) is 11.8 Å². The zero-order valence-electron chi connectivity index (χ0n) is 12.3. The van der Waals surface area contributed by atoms with Gasteiger partial charge in [-0.25, -0.2) is 4.79 Å². The molecule has 0 aromatic carbocycles. The summed E-state index contributed by atoms with van der Waals surface area (Å²) in [5, 5.41) is 11.7. The smallest absolute Gasteiger partial charge is 0.326 e. The van der Waals surface area contributed by atoms with Crippen molar-refractivity contribution in [3.63, 3.8) is 0 Å². The number of hydrogen-bond donors (Lipinski definition) is 2. The van der Waals surface area contributed by atoms with Crippen molar-refractivity contribution < 1.29 is 14.7 Å². The number of nitrogens with zero attached hydrogens (tertiary/aromatic N) is 1. The van der Waals surface area contributed by atoms with Gasteiger partial charge in [0.1, 0.15) is 6.04 Å². The predicted octanol–water partition coefficient (Wildman–Crippen LogP) is 1.33. The van der Waals surface area contributed by atoms with Crippen LogP contribution in [-0.4, -0.2) is 47.1 Å². The first-order valence-electron chi connectivity index (χ1n) is 7.10. The van der Waals surface area contributed by atoms with Gasteiger partial charge in [0.05, 0.1) is 6.04 Å². The normalized spacial score (nSPS) is 21.1. The van der Waals surface area contributed by atoms with Crippen molar-refractivity contribution in [2.75, 3.05) is 13.1 Å². The molecule has 0 bridgehead atoms. The van der Waals surface area contributed by atoms with E-state index >= 15 is 0 Å². The maximum atomic E-state index is 12.1. The zero-order valence-corrected chi connectivity index (χ0v) is 12.3. The summed E-state index contributed by atoms with van der Waals surface area (Å²) in [5.41, 5.74) is 0. The molecule has 0 aromatic rings. The molecule has 1 aliphatic heterocycles. The number of aliphatic carboxylic acids is 1. The summed E-state index contributed by atoms with van der Waals surface area (Å²) in [7, 11) is 0. The van der Waals surface area contributed by atoms with Crippen LogP contribution in [0.15, 0.2) is 0 Å². The lowest BCUT2D eigenvalue weighted by Crippen LogP contribution is -2.53. The summed E-state index contributed by atoms with van der Waals surface area (Å²) in [5.74, 6) is -0.553. The van der Waals surface area contributed by atoms with Gasteiger partial charge in [0.15, 0.2) is 0 Å². The molecular formula is C14H26N2O3. The van der Waals surface area contributed by atoms with Crippen LogP contribution >= 0.6 is 0 Å². The van der Waals surface area contributed by atoms with Crippen LogP contribution in [0.2, 0.25) is 0 Å². The highest BCUT2D eigenvalue weighted by Gasteiger charge is 2.29. The average Bonchev–Trinajstić information content (AvgIpc) is 2.34. The van der Waals surface area contributed by atoms with E-state index in [9.17, 15) is 9.59 Å². The Morgan fingerprint density at radius 2 is 1.74 bits per heavy atom. The molecule has 1 amide bonds. The summed E-state index contributed by atoms with van der Waals surface area (Å²) in [4.78, 5) is 25.4. The molecule has 0 aliphatic carbocycles. The van der Waals surface area contributed by atoms with Crippen LogP contribution in [0.25, 0.3) is 0 Å². The lowest BCUT2D eigenvalue weighted by atomic mass is 9.98. The number of likely N-dealkylation sites (tertiary alicyclic amines) is 1. The highest BCUT2D eigenvalue weighted by Crippen LogP contribution is 2.18. The Hall–Kier alpha value is -1.10. The van der Waals surface area contributed by atoms with Gasteiger partial charge in [0.25, 0.3) is 0 Å². The van der Waals surface area contributed by atoms with E-state index in [1.54, 1.807) is 13.8 Å². The summed E-state index contributed by atoms with van der Waals surface area (Å²) >= 11 is 0. The number of carboxylic acids is 1. The van der Waals surface area contributed by atoms with Gasteiger partial charge in [-0.2, -0.15) is 0 Å². The molecule has 5 nitrogen and oxygen atoms in total. The van der Waals surface area contributed by atoms with Gasteiger partial charge < -0.3 is 10.4 Å². The molecule has 1 fully saturated rings. The number of hydrogen-bond acceptors (Lipinski definition) is 3. The summed E-state index contributed by atoms with van der Waals surface area (Å²) < 4.78 is 0. The number of rotatable bonds is 5. The lowest BCUT2D eigenvalue weighted by Gasteiger charge is -2.34. The van der Waals surface area contributed by atoms with Gasteiger partial charge >= 0.3 is 5.97 Å². The number of amides is 1. The van der Waals surface area contributed by atoms with E-state index in [0.717, 1.165) is 25.9 Å². The molecule has 1 rings (SSSR count). The first-order chi connectivity index (χ1) is 8.82. The number of piperidine rings is 1. The van der Waals surface area contributed by atoms with Crippen molar-refractivity contribution in [2.45, 2.75) is 52.6 Å². The first-order valence-corrected chi connectivity index (χ1v) is 7.10. The van der Waals surface area contributed by atoms with E-state index in [0.29, 0.717) is 5.92 Å². The van der Waals surface area contributed by atoms with Crippen molar-refractivity contribution >= 4 is 11.9 Å². The highest BCUT2D eigenvalue weighted by atomic mass is 16.4. The minimum absolute atomic E-state index is 0.116. The largest absolute Gasteiger partial charge is 0.480 e. The monoisotopic (exact) mass is 270 g/mol. The van der Waals surface area contributed by atoms with Gasteiger partial charge in [-0.15, -0.1) is 0 Å². The minimum Gasteiger partial charge on any atom is -0.480 e. The maximum absolute atomic E-state index is 12.1. The summed E-state index contributed by atoms with van der Waals surface area (Å²) in [6.07, 6.45) is 2.20. The zero-order chi connectivity index (χ0) is 14.6. The number of carboxylic acid groups (broad SMARTS) is 1. The fourth-order valence-corrected chi connectivity index (χ4v) is 2.37. The molecule has 5 heteroatoms. The third-order valence-corrected chi connectivity index (χ3v) is 3.98. The van der Waals surface area contributed by atoms with E-state index in [-0.39, 0.29) is 17.9 Å². The van der Waals surface area contributed by atoms with Crippen molar-refractivity contribution in [3.05, 3.63) is 0 Å². The van der Waals surface area contributed by atoms with Crippen LogP contribution in [0.3, 0.4) is 0 Å². The molecule has 0 aromatic heterocycles. The first kappa shape index (κ1) is 16.0.